The van der Waals surface area contributed by atoms with Crippen LogP contribution in [-0.2, 0) is 17.8 Å². The molecule has 0 amide bonds. The van der Waals surface area contributed by atoms with Crippen LogP contribution in [0.4, 0.5) is 0 Å². The Morgan fingerprint density at radius 3 is 2.81 bits per heavy atom. The summed E-state index contributed by atoms with van der Waals surface area (Å²) in [6, 6.07) is 7.68. The Labute approximate surface area is 127 Å². The van der Waals surface area contributed by atoms with E-state index in [1.807, 2.05) is 0 Å². The number of ether oxygens (including phenoxy) is 1. The molecular formula is C18H26N2O. The van der Waals surface area contributed by atoms with Crippen LogP contribution in [0.3, 0.4) is 0 Å². The first-order valence-corrected chi connectivity index (χ1v) is 8.01. The Morgan fingerprint density at radius 2 is 2.10 bits per heavy atom. The van der Waals surface area contributed by atoms with Crippen molar-refractivity contribution in [1.29, 1.82) is 0 Å². The summed E-state index contributed by atoms with van der Waals surface area (Å²) in [5.74, 6) is 0. The molecule has 1 heterocycles. The molecule has 21 heavy (non-hydrogen) atoms. The average molecular weight is 286 g/mol. The number of methoxy groups -OCH3 is 1. The van der Waals surface area contributed by atoms with Gasteiger partial charge < -0.3 is 14.6 Å². The lowest BCUT2D eigenvalue weighted by atomic mass is 10.1. The molecule has 3 rings (SSSR count). The van der Waals surface area contributed by atoms with Gasteiger partial charge in [0.05, 0.1) is 0 Å². The third-order valence-electron chi connectivity index (χ3n) is 4.61. The fourth-order valence-electron chi connectivity index (χ4n) is 3.01. The highest BCUT2D eigenvalue weighted by atomic mass is 16.5. The summed E-state index contributed by atoms with van der Waals surface area (Å²) in [4.78, 5) is 0. The minimum absolute atomic E-state index is 0.766. The second kappa shape index (κ2) is 6.20. The van der Waals surface area contributed by atoms with E-state index in [-0.39, 0.29) is 0 Å². The quantitative estimate of drug-likeness (QED) is 0.788. The predicted octanol–water partition coefficient (Wildman–Crippen LogP) is 3.55. The van der Waals surface area contributed by atoms with Gasteiger partial charge in [-0.05, 0) is 56.4 Å². The number of aryl methyl sites for hydroxylation is 2. The van der Waals surface area contributed by atoms with Gasteiger partial charge in [0.2, 0.25) is 0 Å². The predicted molar refractivity (Wildman–Crippen MR) is 87.8 cm³/mol. The Hall–Kier alpha value is -1.32. The topological polar surface area (TPSA) is 26.2 Å². The molecule has 1 aromatic carbocycles. The van der Waals surface area contributed by atoms with E-state index in [4.69, 9.17) is 4.74 Å². The highest BCUT2D eigenvalue weighted by Gasteiger charge is 2.20. The molecule has 1 fully saturated rings. The van der Waals surface area contributed by atoms with Gasteiger partial charge in [-0.3, -0.25) is 0 Å². The fourth-order valence-corrected chi connectivity index (χ4v) is 3.01. The van der Waals surface area contributed by atoms with Crippen LogP contribution in [-0.4, -0.2) is 24.3 Å². The molecule has 0 bridgehead atoms. The Morgan fingerprint density at radius 1 is 1.29 bits per heavy atom. The minimum atomic E-state index is 0.766. The van der Waals surface area contributed by atoms with Crippen molar-refractivity contribution in [3.05, 3.63) is 35.0 Å². The molecule has 2 aromatic rings. The third kappa shape index (κ3) is 3.14. The number of benzene rings is 1. The van der Waals surface area contributed by atoms with Gasteiger partial charge in [-0.15, -0.1) is 0 Å². The first-order valence-electron chi connectivity index (χ1n) is 8.01. The summed E-state index contributed by atoms with van der Waals surface area (Å²) in [5.41, 5.74) is 5.55. The van der Waals surface area contributed by atoms with Crippen molar-refractivity contribution < 1.29 is 4.74 Å². The van der Waals surface area contributed by atoms with Gasteiger partial charge in [0.25, 0.3) is 0 Å². The van der Waals surface area contributed by atoms with Crippen LogP contribution in [0.15, 0.2) is 18.2 Å². The molecule has 0 spiro atoms. The highest BCUT2D eigenvalue weighted by molar-refractivity contribution is 5.86. The summed E-state index contributed by atoms with van der Waals surface area (Å²) >= 11 is 0. The SMILES string of the molecule is COCCCn1c(C)c(C)c2cc(CNC3CC3)ccc21. The van der Waals surface area contributed by atoms with E-state index in [0.29, 0.717) is 0 Å². The van der Waals surface area contributed by atoms with E-state index in [1.165, 1.54) is 40.6 Å². The largest absolute Gasteiger partial charge is 0.385 e. The van der Waals surface area contributed by atoms with Crippen molar-refractivity contribution in [2.45, 2.75) is 52.2 Å². The van der Waals surface area contributed by atoms with Gasteiger partial charge in [-0.25, -0.2) is 0 Å². The molecular weight excluding hydrogens is 260 g/mol. The maximum atomic E-state index is 5.18. The standard InChI is InChI=1S/C18H26N2O/c1-13-14(2)20(9-4-10-21-3)18-8-5-15(11-17(13)18)12-19-16-6-7-16/h5,8,11,16,19H,4,6-7,9-10,12H2,1-3H3. The van der Waals surface area contributed by atoms with Crippen molar-refractivity contribution in [3.63, 3.8) is 0 Å². The number of hydrogen-bond acceptors (Lipinski definition) is 2. The number of hydrogen-bond donors (Lipinski definition) is 1. The lowest BCUT2D eigenvalue weighted by Crippen LogP contribution is -2.15. The molecule has 1 N–H and O–H groups in total. The second-order valence-electron chi connectivity index (χ2n) is 6.22. The molecule has 114 valence electrons. The fraction of sp³-hybridized carbons (Fsp3) is 0.556. The Kier molecular flexibility index (Phi) is 4.32. The molecule has 3 heteroatoms. The number of rotatable bonds is 7. The van der Waals surface area contributed by atoms with Gasteiger partial charge in [0, 0.05) is 49.4 Å². The van der Waals surface area contributed by atoms with Crippen LogP contribution in [0.1, 0.15) is 36.1 Å². The summed E-state index contributed by atoms with van der Waals surface area (Å²) in [6.45, 7) is 7.31. The Balaban J connectivity index is 1.84. The molecule has 0 radical (unpaired) electrons. The molecule has 0 unspecified atom stereocenters. The zero-order valence-electron chi connectivity index (χ0n) is 13.4. The van der Waals surface area contributed by atoms with Crippen molar-refractivity contribution in [1.82, 2.24) is 9.88 Å². The maximum Gasteiger partial charge on any atom is 0.0485 e. The van der Waals surface area contributed by atoms with E-state index in [0.717, 1.165) is 32.2 Å². The molecule has 0 atom stereocenters. The van der Waals surface area contributed by atoms with Gasteiger partial charge in [0.15, 0.2) is 0 Å². The number of nitrogens with zero attached hydrogens (tertiary/aromatic N) is 1. The van der Waals surface area contributed by atoms with Crippen LogP contribution in [0.2, 0.25) is 0 Å². The Bertz CT molecular complexity index is 626. The van der Waals surface area contributed by atoms with Crippen molar-refractivity contribution in [2.75, 3.05) is 13.7 Å². The molecule has 1 aliphatic carbocycles. The van der Waals surface area contributed by atoms with Crippen LogP contribution in [0.25, 0.3) is 10.9 Å². The van der Waals surface area contributed by atoms with Crippen LogP contribution in [0.5, 0.6) is 0 Å². The van der Waals surface area contributed by atoms with Crippen LogP contribution >= 0.6 is 0 Å². The van der Waals surface area contributed by atoms with Gasteiger partial charge in [0.1, 0.15) is 0 Å². The minimum Gasteiger partial charge on any atom is -0.385 e. The molecule has 1 aromatic heterocycles. The first kappa shape index (κ1) is 14.6. The second-order valence-corrected chi connectivity index (χ2v) is 6.22. The lowest BCUT2D eigenvalue weighted by Gasteiger charge is -2.08. The smallest absolute Gasteiger partial charge is 0.0485 e. The van der Waals surface area contributed by atoms with Crippen molar-refractivity contribution >= 4 is 10.9 Å². The van der Waals surface area contributed by atoms with Crippen LogP contribution < -0.4 is 5.32 Å². The third-order valence-corrected chi connectivity index (χ3v) is 4.61. The summed E-state index contributed by atoms with van der Waals surface area (Å²) in [7, 11) is 1.77. The summed E-state index contributed by atoms with van der Waals surface area (Å²) < 4.78 is 7.61. The van der Waals surface area contributed by atoms with Crippen LogP contribution in [0, 0.1) is 13.8 Å². The summed E-state index contributed by atoms with van der Waals surface area (Å²) in [5, 5.41) is 5.00. The molecule has 1 aliphatic rings. The van der Waals surface area contributed by atoms with E-state index in [9.17, 15) is 0 Å². The molecule has 0 aliphatic heterocycles. The molecule has 0 saturated heterocycles. The highest BCUT2D eigenvalue weighted by Crippen LogP contribution is 2.27. The average Bonchev–Trinajstić information content (AvgIpc) is 3.29. The molecule has 3 nitrogen and oxygen atoms in total. The van der Waals surface area contributed by atoms with E-state index in [2.05, 4.69) is 41.9 Å². The zero-order valence-corrected chi connectivity index (χ0v) is 13.4. The number of aromatic nitrogens is 1. The molecule has 1 saturated carbocycles. The number of nitrogens with one attached hydrogen (secondary N) is 1. The van der Waals surface area contributed by atoms with Crippen molar-refractivity contribution in [3.8, 4) is 0 Å². The normalized spacial score (nSPS) is 15.0. The lowest BCUT2D eigenvalue weighted by molar-refractivity contribution is 0.190. The van der Waals surface area contributed by atoms with E-state index < -0.39 is 0 Å². The van der Waals surface area contributed by atoms with E-state index >= 15 is 0 Å². The number of fused-ring (bicyclic) bond motifs is 1. The van der Waals surface area contributed by atoms with Gasteiger partial charge in [-0.2, -0.15) is 0 Å². The van der Waals surface area contributed by atoms with Crippen molar-refractivity contribution in [2.24, 2.45) is 0 Å². The summed E-state index contributed by atoms with van der Waals surface area (Å²) in [6.07, 6.45) is 3.75. The zero-order chi connectivity index (χ0) is 14.8. The van der Waals surface area contributed by atoms with Gasteiger partial charge >= 0.3 is 0 Å². The van der Waals surface area contributed by atoms with E-state index in [1.54, 1.807) is 7.11 Å². The maximum absolute atomic E-state index is 5.18. The van der Waals surface area contributed by atoms with Gasteiger partial charge in [-0.1, -0.05) is 6.07 Å². The first-order chi connectivity index (χ1) is 10.2. The monoisotopic (exact) mass is 286 g/mol.